The van der Waals surface area contributed by atoms with Gasteiger partial charge in [0.05, 0.1) is 0 Å². The first kappa shape index (κ1) is 15.0. The molecular weight excluding hydrogens is 242 g/mol. The molecule has 0 spiro atoms. The third-order valence-corrected chi connectivity index (χ3v) is 2.76. The van der Waals surface area contributed by atoms with Crippen LogP contribution in [0, 0.1) is 0 Å². The van der Waals surface area contributed by atoms with Crippen molar-refractivity contribution < 1.29 is 14.7 Å². The van der Waals surface area contributed by atoms with Crippen LogP contribution in [0.5, 0.6) is 0 Å². The van der Waals surface area contributed by atoms with Gasteiger partial charge in [0.15, 0.2) is 0 Å². The molecule has 4 nitrogen and oxygen atoms in total. The summed E-state index contributed by atoms with van der Waals surface area (Å²) in [5.74, 6) is -0.997. The first-order chi connectivity index (χ1) is 8.90. The summed E-state index contributed by atoms with van der Waals surface area (Å²) in [6.45, 7) is 5.66. The molecule has 1 rings (SSSR count). The number of amides is 1. The Bertz CT molecular complexity index is 475. The van der Waals surface area contributed by atoms with E-state index in [1.807, 2.05) is 24.3 Å². The average Bonchev–Trinajstić information content (AvgIpc) is 2.36. The van der Waals surface area contributed by atoms with Gasteiger partial charge in [-0.25, -0.2) is 0 Å². The van der Waals surface area contributed by atoms with Gasteiger partial charge in [-0.3, -0.25) is 9.59 Å². The molecule has 1 amide bonds. The van der Waals surface area contributed by atoms with Crippen molar-refractivity contribution in [2.75, 3.05) is 0 Å². The molecule has 0 fully saturated rings. The van der Waals surface area contributed by atoms with Gasteiger partial charge in [0.25, 0.3) is 0 Å². The smallest absolute Gasteiger partial charge is 0.325 e. The van der Waals surface area contributed by atoms with E-state index in [0.717, 1.165) is 5.56 Å². The number of carbonyl (C=O) groups excluding carboxylic acids is 1. The number of carboxylic acids is 1. The van der Waals surface area contributed by atoms with Crippen molar-refractivity contribution in [3.8, 4) is 0 Å². The van der Waals surface area contributed by atoms with Crippen molar-refractivity contribution in [3.63, 3.8) is 0 Å². The number of carbonyl (C=O) groups is 2. The lowest BCUT2D eigenvalue weighted by Gasteiger charge is -2.06. The summed E-state index contributed by atoms with van der Waals surface area (Å²) in [5.41, 5.74) is 2.14. The van der Waals surface area contributed by atoms with Crippen LogP contribution < -0.4 is 5.32 Å². The van der Waals surface area contributed by atoms with Gasteiger partial charge in [-0.05, 0) is 30.0 Å². The number of carboxylic acid groups (broad SMARTS) is 1. The van der Waals surface area contributed by atoms with Crippen molar-refractivity contribution in [2.45, 2.75) is 32.7 Å². The first-order valence-electron chi connectivity index (χ1n) is 6.21. The minimum absolute atomic E-state index is 0.414. The average molecular weight is 261 g/mol. The van der Waals surface area contributed by atoms with Crippen molar-refractivity contribution in [3.05, 3.63) is 41.5 Å². The molecule has 19 heavy (non-hydrogen) atoms. The molecule has 4 heteroatoms. The van der Waals surface area contributed by atoms with E-state index in [0.29, 0.717) is 5.92 Å². The zero-order valence-electron chi connectivity index (χ0n) is 11.4. The molecule has 0 aliphatic heterocycles. The van der Waals surface area contributed by atoms with Gasteiger partial charge >= 0.3 is 5.97 Å². The molecule has 0 bridgehead atoms. The maximum Gasteiger partial charge on any atom is 0.325 e. The maximum atomic E-state index is 11.4. The number of benzene rings is 1. The molecule has 0 unspecified atom stereocenters. The van der Waals surface area contributed by atoms with Gasteiger partial charge in [-0.15, -0.1) is 0 Å². The number of aliphatic carboxylic acids is 1. The highest BCUT2D eigenvalue weighted by atomic mass is 16.4. The molecule has 102 valence electrons. The van der Waals surface area contributed by atoms with E-state index in [2.05, 4.69) is 19.2 Å². The van der Waals surface area contributed by atoms with Crippen LogP contribution in [-0.4, -0.2) is 23.0 Å². The van der Waals surface area contributed by atoms with E-state index < -0.39 is 17.9 Å². The molecule has 2 N–H and O–H groups in total. The number of nitrogens with one attached hydrogen (secondary N) is 1. The molecule has 1 atom stereocenters. The Morgan fingerprint density at radius 1 is 1.16 bits per heavy atom. The Morgan fingerprint density at radius 2 is 1.74 bits per heavy atom. The molecule has 0 aliphatic rings. The largest absolute Gasteiger partial charge is 0.480 e. The Hall–Kier alpha value is -2.10. The zero-order valence-corrected chi connectivity index (χ0v) is 11.4. The Kier molecular flexibility index (Phi) is 5.30. The second kappa shape index (κ2) is 6.73. The predicted octanol–water partition coefficient (Wildman–Crippen LogP) is 2.41. The van der Waals surface area contributed by atoms with Crippen LogP contribution in [0.4, 0.5) is 0 Å². The fourth-order valence-corrected chi connectivity index (χ4v) is 1.49. The van der Waals surface area contributed by atoms with Crippen molar-refractivity contribution in [1.82, 2.24) is 5.32 Å². The minimum Gasteiger partial charge on any atom is -0.480 e. The lowest BCUT2D eigenvalue weighted by Crippen LogP contribution is -2.37. The lowest BCUT2D eigenvalue weighted by molar-refractivity contribution is -0.140. The van der Waals surface area contributed by atoms with E-state index in [1.54, 1.807) is 6.08 Å². The van der Waals surface area contributed by atoms with E-state index in [4.69, 9.17) is 5.11 Å². The number of hydrogen-bond donors (Lipinski definition) is 2. The molecule has 0 saturated carbocycles. The highest BCUT2D eigenvalue weighted by Crippen LogP contribution is 2.15. The number of hydrogen-bond acceptors (Lipinski definition) is 2. The summed E-state index contributed by atoms with van der Waals surface area (Å²) in [4.78, 5) is 22.0. The topological polar surface area (TPSA) is 66.4 Å². The van der Waals surface area contributed by atoms with Crippen molar-refractivity contribution in [2.24, 2.45) is 0 Å². The summed E-state index contributed by atoms with van der Waals surface area (Å²) in [7, 11) is 0. The van der Waals surface area contributed by atoms with Gasteiger partial charge in [-0.2, -0.15) is 0 Å². The molecule has 1 aromatic carbocycles. The SMILES string of the molecule is CC(C)c1ccc(/C=C/C(=O)N[C@H](C)C(=O)O)cc1. The quantitative estimate of drug-likeness (QED) is 0.800. The van der Waals surface area contributed by atoms with Crippen molar-refractivity contribution in [1.29, 1.82) is 0 Å². The zero-order chi connectivity index (χ0) is 14.4. The van der Waals surface area contributed by atoms with Gasteiger partial charge in [-0.1, -0.05) is 38.1 Å². The second-order valence-electron chi connectivity index (χ2n) is 4.72. The highest BCUT2D eigenvalue weighted by Gasteiger charge is 2.11. The summed E-state index contributed by atoms with van der Waals surface area (Å²) in [6.07, 6.45) is 3.00. The highest BCUT2D eigenvalue weighted by molar-refractivity contribution is 5.94. The van der Waals surface area contributed by atoms with E-state index in [1.165, 1.54) is 18.6 Å². The minimum atomic E-state index is -1.05. The normalized spacial score (nSPS) is 12.6. The summed E-state index contributed by atoms with van der Waals surface area (Å²) < 4.78 is 0. The molecule has 0 aromatic heterocycles. The van der Waals surface area contributed by atoms with Crippen LogP contribution in [0.3, 0.4) is 0 Å². The second-order valence-corrected chi connectivity index (χ2v) is 4.72. The van der Waals surface area contributed by atoms with Crippen LogP contribution >= 0.6 is 0 Å². The molecule has 0 heterocycles. The molecule has 0 radical (unpaired) electrons. The maximum absolute atomic E-state index is 11.4. The standard InChI is InChI=1S/C15H19NO3/c1-10(2)13-7-4-12(5-8-13)6-9-14(17)16-11(3)15(18)19/h4-11H,1-3H3,(H,16,17)(H,18,19)/b9-6+/t11-/m1/s1. The fraction of sp³-hybridized carbons (Fsp3) is 0.333. The Balaban J connectivity index is 2.61. The third kappa shape index (κ3) is 4.95. The van der Waals surface area contributed by atoms with Crippen LogP contribution in [0.1, 0.15) is 37.8 Å². The van der Waals surface area contributed by atoms with Gasteiger partial charge in [0.2, 0.25) is 5.91 Å². The van der Waals surface area contributed by atoms with Crippen molar-refractivity contribution >= 4 is 18.0 Å². The lowest BCUT2D eigenvalue weighted by atomic mass is 10.0. The fourth-order valence-electron chi connectivity index (χ4n) is 1.49. The van der Waals surface area contributed by atoms with E-state index in [-0.39, 0.29) is 0 Å². The van der Waals surface area contributed by atoms with Crippen LogP contribution in [0.25, 0.3) is 6.08 Å². The third-order valence-electron chi connectivity index (χ3n) is 2.76. The first-order valence-corrected chi connectivity index (χ1v) is 6.21. The monoisotopic (exact) mass is 261 g/mol. The van der Waals surface area contributed by atoms with Gasteiger partial charge < -0.3 is 10.4 Å². The summed E-state index contributed by atoms with van der Waals surface area (Å²) >= 11 is 0. The molecule has 0 saturated heterocycles. The number of rotatable bonds is 5. The van der Waals surface area contributed by atoms with Crippen LogP contribution in [-0.2, 0) is 9.59 Å². The Morgan fingerprint density at radius 3 is 2.21 bits per heavy atom. The van der Waals surface area contributed by atoms with Gasteiger partial charge in [0.1, 0.15) is 6.04 Å². The van der Waals surface area contributed by atoms with E-state index in [9.17, 15) is 9.59 Å². The predicted molar refractivity (Wildman–Crippen MR) is 74.8 cm³/mol. The molecule has 0 aliphatic carbocycles. The van der Waals surface area contributed by atoms with Crippen LogP contribution in [0.2, 0.25) is 0 Å². The van der Waals surface area contributed by atoms with Gasteiger partial charge in [0, 0.05) is 6.08 Å². The summed E-state index contributed by atoms with van der Waals surface area (Å²) in [5, 5.41) is 11.0. The Labute approximate surface area is 113 Å². The summed E-state index contributed by atoms with van der Waals surface area (Å²) in [6, 6.07) is 7.00. The van der Waals surface area contributed by atoms with Crippen LogP contribution in [0.15, 0.2) is 30.3 Å². The molecular formula is C15H19NO3. The van der Waals surface area contributed by atoms with E-state index >= 15 is 0 Å². The molecule has 1 aromatic rings.